The molecule has 3 atom stereocenters. The number of β-lactam (4-membered cyclic amide) rings is 1. The highest BCUT2D eigenvalue weighted by atomic mass is 32.2. The van der Waals surface area contributed by atoms with Crippen LogP contribution in [-0.4, -0.2) is 82.9 Å². The van der Waals surface area contributed by atoms with Crippen molar-refractivity contribution in [3.63, 3.8) is 0 Å². The van der Waals surface area contributed by atoms with Crippen LogP contribution in [0.4, 0.5) is 5.13 Å². The maximum Gasteiger partial charge on any atom is 0.352 e. The Balaban J connectivity index is 1.31. The second-order valence-electron chi connectivity index (χ2n) is 7.89. The number of hydrogen-bond acceptors (Lipinski definition) is 12. The number of carbonyl (C=O) groups is 3. The molecule has 13 nitrogen and oxygen atoms in total. The SMILES string of the molecule is Nc1nc(C(=NOC2C=CCC2)C(=O)NC2C(=O)N3C(C(=O)O)=C(CSc4cnn[nH]4)CS[C@@H]23)cs1. The van der Waals surface area contributed by atoms with Crippen LogP contribution < -0.4 is 11.1 Å². The van der Waals surface area contributed by atoms with E-state index >= 15 is 0 Å². The maximum atomic E-state index is 13.2. The number of nitrogen functional groups attached to an aromatic ring is 1. The zero-order valence-corrected chi connectivity index (χ0v) is 20.9. The summed E-state index contributed by atoms with van der Waals surface area (Å²) in [7, 11) is 0. The Morgan fingerprint density at radius 1 is 1.44 bits per heavy atom. The molecule has 0 saturated carbocycles. The summed E-state index contributed by atoms with van der Waals surface area (Å²) >= 11 is 3.87. The Kier molecular flexibility index (Phi) is 6.97. The lowest BCUT2D eigenvalue weighted by Gasteiger charge is -2.49. The molecule has 1 saturated heterocycles. The number of thioether (sulfide) groups is 2. The fourth-order valence-corrected chi connectivity index (χ4v) is 6.66. The van der Waals surface area contributed by atoms with E-state index in [2.05, 4.69) is 30.9 Å². The number of aromatic amines is 1. The summed E-state index contributed by atoms with van der Waals surface area (Å²) in [6.45, 7) is 0. The van der Waals surface area contributed by atoms with Crippen molar-refractivity contribution in [2.24, 2.45) is 5.16 Å². The predicted octanol–water partition coefficient (Wildman–Crippen LogP) is 0.814. The molecule has 3 aliphatic rings. The molecule has 0 bridgehead atoms. The molecule has 0 radical (unpaired) electrons. The van der Waals surface area contributed by atoms with Crippen molar-refractivity contribution >= 4 is 63.5 Å². The number of carboxylic acids is 1. The second kappa shape index (κ2) is 10.3. The van der Waals surface area contributed by atoms with Crippen LogP contribution in [0.2, 0.25) is 0 Å². The van der Waals surface area contributed by atoms with Crippen molar-refractivity contribution in [1.82, 2.24) is 30.6 Å². The van der Waals surface area contributed by atoms with Gasteiger partial charge < -0.3 is 21.0 Å². The molecule has 36 heavy (non-hydrogen) atoms. The van der Waals surface area contributed by atoms with Crippen LogP contribution in [0, 0.1) is 0 Å². The minimum absolute atomic E-state index is 0.0632. The van der Waals surface area contributed by atoms with Gasteiger partial charge in [-0.05, 0) is 24.5 Å². The van der Waals surface area contributed by atoms with Crippen LogP contribution in [0.1, 0.15) is 18.5 Å². The lowest BCUT2D eigenvalue weighted by Crippen LogP contribution is -2.71. The van der Waals surface area contributed by atoms with Gasteiger partial charge in [0.1, 0.15) is 33.9 Å². The normalized spacial score (nSPS) is 23.4. The number of allylic oxidation sites excluding steroid dienone is 1. The summed E-state index contributed by atoms with van der Waals surface area (Å²) in [4.78, 5) is 49.1. The molecule has 1 aliphatic carbocycles. The average molecular weight is 549 g/mol. The van der Waals surface area contributed by atoms with Gasteiger partial charge in [-0.15, -0.1) is 40.0 Å². The molecule has 2 aromatic heterocycles. The number of aliphatic carboxylic acids is 1. The summed E-state index contributed by atoms with van der Waals surface area (Å²) in [6, 6.07) is -0.921. The summed E-state index contributed by atoms with van der Waals surface area (Å²) in [6.07, 6.45) is 6.71. The highest BCUT2D eigenvalue weighted by Gasteiger charge is 2.54. The summed E-state index contributed by atoms with van der Waals surface area (Å²) < 4.78 is 0. The molecular weight excluding hydrogens is 528 g/mol. The van der Waals surface area contributed by atoms with E-state index in [-0.39, 0.29) is 28.3 Å². The van der Waals surface area contributed by atoms with Gasteiger partial charge in [0, 0.05) is 16.9 Å². The number of amides is 2. The number of nitrogens with two attached hydrogens (primary N) is 1. The zero-order chi connectivity index (χ0) is 25.2. The van der Waals surface area contributed by atoms with Crippen LogP contribution >= 0.6 is 34.9 Å². The minimum Gasteiger partial charge on any atom is -0.477 e. The Bertz CT molecular complexity index is 1270. The standard InChI is InChI=1S/C20H20N8O5S3/c21-20-23-11(8-36-20)13(26-33-10-3-1-2-4-10)16(29)24-14-17(30)28-15(19(31)32)9(7-35-18(14)28)6-34-12-5-22-27-25-12/h1,3,5,8,10,14,18H,2,4,6-7H2,(H2,21,23)(H,24,29)(H,31,32)(H,22,25,27)/t10?,14?,18-/m0/s1. The van der Waals surface area contributed by atoms with E-state index in [0.717, 1.165) is 24.2 Å². The highest BCUT2D eigenvalue weighted by Crippen LogP contribution is 2.41. The molecule has 16 heteroatoms. The Labute approximate surface area is 216 Å². The van der Waals surface area contributed by atoms with Gasteiger partial charge in [0.25, 0.3) is 11.8 Å². The number of anilines is 1. The zero-order valence-electron chi connectivity index (χ0n) is 18.5. The highest BCUT2D eigenvalue weighted by molar-refractivity contribution is 8.01. The molecule has 2 aromatic rings. The molecule has 0 aromatic carbocycles. The topological polar surface area (TPSA) is 189 Å². The number of carboxylic acid groups (broad SMARTS) is 1. The number of rotatable bonds is 9. The number of carbonyl (C=O) groups excluding carboxylic acids is 2. The van der Waals surface area contributed by atoms with Crippen LogP contribution in [-0.2, 0) is 19.2 Å². The first-order valence-corrected chi connectivity index (χ1v) is 13.7. The molecule has 2 amide bonds. The van der Waals surface area contributed by atoms with Crippen molar-refractivity contribution in [1.29, 1.82) is 0 Å². The summed E-state index contributed by atoms with van der Waals surface area (Å²) in [5.41, 5.74) is 6.39. The summed E-state index contributed by atoms with van der Waals surface area (Å²) in [5.74, 6) is -1.64. The Morgan fingerprint density at radius 2 is 2.31 bits per heavy atom. The van der Waals surface area contributed by atoms with Gasteiger partial charge in [0.05, 0.1) is 6.20 Å². The molecule has 5 rings (SSSR count). The molecule has 2 aliphatic heterocycles. The second-order valence-corrected chi connectivity index (χ2v) is 10.9. The van der Waals surface area contributed by atoms with E-state index in [9.17, 15) is 19.5 Å². The van der Waals surface area contributed by atoms with E-state index in [1.54, 1.807) is 5.38 Å². The molecule has 2 unspecified atom stereocenters. The van der Waals surface area contributed by atoms with Gasteiger partial charge in [-0.1, -0.05) is 16.4 Å². The number of fused-ring (bicyclic) bond motifs is 1. The third kappa shape index (κ3) is 4.83. The number of nitrogens with zero attached hydrogens (tertiary/aromatic N) is 5. The number of oxime groups is 1. The predicted molar refractivity (Wildman–Crippen MR) is 133 cm³/mol. The third-order valence-electron chi connectivity index (χ3n) is 5.56. The van der Waals surface area contributed by atoms with Gasteiger partial charge in [-0.25, -0.2) is 9.78 Å². The van der Waals surface area contributed by atoms with E-state index in [0.29, 0.717) is 22.1 Å². The van der Waals surface area contributed by atoms with Crippen molar-refractivity contribution in [2.45, 2.75) is 35.4 Å². The van der Waals surface area contributed by atoms with Crippen LogP contribution in [0.25, 0.3) is 0 Å². The largest absolute Gasteiger partial charge is 0.477 e. The number of aromatic nitrogens is 4. The quantitative estimate of drug-likeness (QED) is 0.114. The van der Waals surface area contributed by atoms with Crippen molar-refractivity contribution in [3.8, 4) is 0 Å². The van der Waals surface area contributed by atoms with E-state index in [4.69, 9.17) is 10.6 Å². The number of nitrogens with one attached hydrogen (secondary N) is 2. The van der Waals surface area contributed by atoms with Crippen LogP contribution in [0.15, 0.2) is 45.2 Å². The molecule has 0 spiro atoms. The fraction of sp³-hybridized carbons (Fsp3) is 0.350. The smallest absolute Gasteiger partial charge is 0.352 e. The van der Waals surface area contributed by atoms with Gasteiger partial charge >= 0.3 is 5.97 Å². The number of thiazole rings is 1. The Hall–Kier alpha value is -3.37. The van der Waals surface area contributed by atoms with Crippen molar-refractivity contribution in [3.05, 3.63) is 40.7 Å². The monoisotopic (exact) mass is 548 g/mol. The molecule has 1 fully saturated rings. The summed E-state index contributed by atoms with van der Waals surface area (Å²) in [5, 5.41) is 28.5. The van der Waals surface area contributed by atoms with Crippen molar-refractivity contribution < 1.29 is 24.3 Å². The molecule has 5 N–H and O–H groups in total. The lowest BCUT2D eigenvalue weighted by molar-refractivity contribution is -0.150. The van der Waals surface area contributed by atoms with E-state index in [1.807, 2.05) is 12.2 Å². The van der Waals surface area contributed by atoms with Gasteiger partial charge in [0.15, 0.2) is 10.8 Å². The third-order valence-corrected chi connectivity index (χ3v) is 8.57. The fourth-order valence-electron chi connectivity index (χ4n) is 3.84. The molecular formula is C20H20N8O5S3. The van der Waals surface area contributed by atoms with Gasteiger partial charge in [-0.3, -0.25) is 19.6 Å². The average Bonchev–Trinajstić information content (AvgIpc) is 3.64. The van der Waals surface area contributed by atoms with Crippen LogP contribution in [0.5, 0.6) is 0 Å². The van der Waals surface area contributed by atoms with Crippen molar-refractivity contribution in [2.75, 3.05) is 17.2 Å². The first kappa shape index (κ1) is 24.3. The first-order chi connectivity index (χ1) is 17.4. The van der Waals surface area contributed by atoms with Gasteiger partial charge in [-0.2, -0.15) is 0 Å². The maximum absolute atomic E-state index is 13.2. The van der Waals surface area contributed by atoms with E-state index in [1.165, 1.54) is 34.6 Å². The number of H-pyrrole nitrogens is 1. The first-order valence-electron chi connectivity index (χ1n) is 10.7. The lowest BCUT2D eigenvalue weighted by atomic mass is 10.0. The van der Waals surface area contributed by atoms with Gasteiger partial charge in [0.2, 0.25) is 0 Å². The van der Waals surface area contributed by atoms with E-state index < -0.39 is 29.2 Å². The molecule has 188 valence electrons. The van der Waals surface area contributed by atoms with Crippen LogP contribution in [0.3, 0.4) is 0 Å². The Morgan fingerprint density at radius 3 is 2.97 bits per heavy atom. The molecule has 4 heterocycles. The minimum atomic E-state index is -1.20. The number of hydrogen-bond donors (Lipinski definition) is 4.